The Morgan fingerprint density at radius 3 is 2.45 bits per heavy atom. The maximum Gasteiger partial charge on any atom is 0.191 e. The molecule has 2 aliphatic rings. The fourth-order valence-electron chi connectivity index (χ4n) is 4.10. The molecule has 0 bridgehead atoms. The predicted octanol–water partition coefficient (Wildman–Crippen LogP) is 3.47. The van der Waals surface area contributed by atoms with Gasteiger partial charge in [0.05, 0.1) is 6.61 Å². The third kappa shape index (κ3) is 8.42. The molecule has 0 aromatic heterocycles. The van der Waals surface area contributed by atoms with Gasteiger partial charge in [-0.1, -0.05) is 31.2 Å². The summed E-state index contributed by atoms with van der Waals surface area (Å²) in [5, 5.41) is 7.08. The Morgan fingerprint density at radius 2 is 1.83 bits per heavy atom. The van der Waals surface area contributed by atoms with Crippen LogP contribution < -0.4 is 10.6 Å². The van der Waals surface area contributed by atoms with Gasteiger partial charge in [0, 0.05) is 45.4 Å². The standard InChI is InChI=1S/C23H38N4O.HI/c1-3-19-5-7-20(8-6-19)9-13-25-23(24-4-2)26-22-10-14-27(15-11-22)17-21-12-16-28-18-21;/h5-8,21-22H,3-4,9-18H2,1-2H3,(H2,24,25,26);1H. The first-order chi connectivity index (χ1) is 13.8. The second-order valence-corrected chi connectivity index (χ2v) is 8.13. The summed E-state index contributed by atoms with van der Waals surface area (Å²) in [5.74, 6) is 1.71. The summed E-state index contributed by atoms with van der Waals surface area (Å²) in [5.41, 5.74) is 2.76. The van der Waals surface area contributed by atoms with Gasteiger partial charge in [0.2, 0.25) is 0 Å². The van der Waals surface area contributed by atoms with Crippen LogP contribution in [0.4, 0.5) is 0 Å². The fourth-order valence-corrected chi connectivity index (χ4v) is 4.10. The molecule has 0 amide bonds. The number of guanidine groups is 1. The van der Waals surface area contributed by atoms with E-state index in [0.29, 0.717) is 6.04 Å². The second-order valence-electron chi connectivity index (χ2n) is 8.13. The number of hydrogen-bond acceptors (Lipinski definition) is 3. The van der Waals surface area contributed by atoms with Gasteiger partial charge in [-0.3, -0.25) is 4.99 Å². The lowest BCUT2D eigenvalue weighted by Crippen LogP contribution is -2.49. The van der Waals surface area contributed by atoms with Crippen molar-refractivity contribution in [3.63, 3.8) is 0 Å². The van der Waals surface area contributed by atoms with Crippen molar-refractivity contribution in [2.45, 2.75) is 52.0 Å². The highest BCUT2D eigenvalue weighted by Crippen LogP contribution is 2.17. The normalized spacial score (nSPS) is 21.0. The van der Waals surface area contributed by atoms with Gasteiger partial charge in [-0.2, -0.15) is 0 Å². The van der Waals surface area contributed by atoms with Crippen LogP contribution in [0.1, 0.15) is 44.2 Å². The zero-order chi connectivity index (χ0) is 19.6. The molecule has 5 nitrogen and oxygen atoms in total. The van der Waals surface area contributed by atoms with E-state index in [0.717, 1.165) is 51.0 Å². The van der Waals surface area contributed by atoms with E-state index in [4.69, 9.17) is 9.73 Å². The first-order valence-corrected chi connectivity index (χ1v) is 11.2. The minimum atomic E-state index is 0. The highest BCUT2D eigenvalue weighted by Gasteiger charge is 2.24. The number of ether oxygens (including phenoxy) is 1. The molecule has 164 valence electrons. The van der Waals surface area contributed by atoms with Crippen LogP contribution in [0, 0.1) is 5.92 Å². The van der Waals surface area contributed by atoms with Crippen LogP contribution in [0.15, 0.2) is 29.3 Å². The molecule has 0 aliphatic carbocycles. The Hall–Kier alpha value is -0.860. The van der Waals surface area contributed by atoms with Gasteiger partial charge in [-0.25, -0.2) is 0 Å². The number of benzene rings is 1. The van der Waals surface area contributed by atoms with Gasteiger partial charge < -0.3 is 20.3 Å². The van der Waals surface area contributed by atoms with Gasteiger partial charge in [-0.05, 0) is 56.1 Å². The third-order valence-corrected chi connectivity index (χ3v) is 5.91. The lowest BCUT2D eigenvalue weighted by Gasteiger charge is -2.34. The molecule has 2 heterocycles. The zero-order valence-corrected chi connectivity index (χ0v) is 20.5. The molecular formula is C23H39IN4O. The van der Waals surface area contributed by atoms with Gasteiger partial charge in [-0.15, -0.1) is 24.0 Å². The van der Waals surface area contributed by atoms with E-state index in [1.807, 2.05) is 0 Å². The third-order valence-electron chi connectivity index (χ3n) is 5.91. The predicted molar refractivity (Wildman–Crippen MR) is 132 cm³/mol. The van der Waals surface area contributed by atoms with Gasteiger partial charge in [0.15, 0.2) is 5.96 Å². The lowest BCUT2D eigenvalue weighted by molar-refractivity contribution is 0.150. The minimum Gasteiger partial charge on any atom is -0.381 e. The van der Waals surface area contributed by atoms with Crippen molar-refractivity contribution in [1.29, 1.82) is 0 Å². The summed E-state index contributed by atoms with van der Waals surface area (Å²) >= 11 is 0. The van der Waals surface area contributed by atoms with Crippen molar-refractivity contribution < 1.29 is 4.74 Å². The molecule has 1 aromatic carbocycles. The quantitative estimate of drug-likeness (QED) is 0.317. The highest BCUT2D eigenvalue weighted by molar-refractivity contribution is 14.0. The van der Waals surface area contributed by atoms with E-state index in [1.165, 1.54) is 50.0 Å². The Labute approximate surface area is 194 Å². The summed E-state index contributed by atoms with van der Waals surface area (Å²) < 4.78 is 5.52. The van der Waals surface area contributed by atoms with E-state index in [9.17, 15) is 0 Å². The van der Waals surface area contributed by atoms with Crippen molar-refractivity contribution in [2.24, 2.45) is 10.9 Å². The van der Waals surface area contributed by atoms with Crippen LogP contribution in [-0.2, 0) is 17.6 Å². The van der Waals surface area contributed by atoms with Crippen LogP contribution in [0.25, 0.3) is 0 Å². The topological polar surface area (TPSA) is 48.9 Å². The Kier molecular flexibility index (Phi) is 11.3. The van der Waals surface area contributed by atoms with Gasteiger partial charge >= 0.3 is 0 Å². The van der Waals surface area contributed by atoms with E-state index < -0.39 is 0 Å². The number of halogens is 1. The van der Waals surface area contributed by atoms with Crippen molar-refractivity contribution in [3.8, 4) is 0 Å². The van der Waals surface area contributed by atoms with Crippen LogP contribution in [-0.4, -0.2) is 62.8 Å². The maximum absolute atomic E-state index is 5.52. The van der Waals surface area contributed by atoms with Gasteiger partial charge in [0.25, 0.3) is 0 Å². The number of likely N-dealkylation sites (tertiary alicyclic amines) is 1. The largest absolute Gasteiger partial charge is 0.381 e. The molecule has 0 spiro atoms. The minimum absolute atomic E-state index is 0. The molecule has 2 N–H and O–H groups in total. The van der Waals surface area contributed by atoms with E-state index in [-0.39, 0.29) is 24.0 Å². The Balaban J connectivity index is 0.00000300. The molecule has 6 heteroatoms. The van der Waals surface area contributed by atoms with E-state index in [1.54, 1.807) is 0 Å². The van der Waals surface area contributed by atoms with Crippen molar-refractivity contribution in [3.05, 3.63) is 35.4 Å². The summed E-state index contributed by atoms with van der Waals surface area (Å²) in [6.45, 7) is 11.5. The number of hydrogen-bond donors (Lipinski definition) is 2. The molecule has 2 aliphatic heterocycles. The van der Waals surface area contributed by atoms with Crippen LogP contribution in [0.5, 0.6) is 0 Å². The summed E-state index contributed by atoms with van der Waals surface area (Å²) in [4.78, 5) is 7.42. The molecule has 1 unspecified atom stereocenters. The lowest BCUT2D eigenvalue weighted by atomic mass is 10.0. The summed E-state index contributed by atoms with van der Waals surface area (Å²) in [6, 6.07) is 9.46. The zero-order valence-electron chi connectivity index (χ0n) is 18.2. The average Bonchev–Trinajstić information content (AvgIpc) is 3.23. The number of nitrogens with zero attached hydrogens (tertiary/aromatic N) is 2. The number of aliphatic imine (C=N–C) groups is 1. The maximum atomic E-state index is 5.52. The van der Waals surface area contributed by atoms with Crippen molar-refractivity contribution >= 4 is 29.9 Å². The molecule has 0 radical (unpaired) electrons. The van der Waals surface area contributed by atoms with E-state index >= 15 is 0 Å². The highest BCUT2D eigenvalue weighted by atomic mass is 127. The molecule has 2 saturated heterocycles. The Morgan fingerprint density at radius 1 is 1.10 bits per heavy atom. The molecule has 1 aromatic rings. The number of piperidine rings is 1. The Bertz CT molecular complexity index is 593. The van der Waals surface area contributed by atoms with Crippen molar-refractivity contribution in [2.75, 3.05) is 45.9 Å². The number of nitrogens with one attached hydrogen (secondary N) is 2. The van der Waals surface area contributed by atoms with Gasteiger partial charge in [0.1, 0.15) is 0 Å². The first-order valence-electron chi connectivity index (χ1n) is 11.2. The number of aryl methyl sites for hydroxylation is 1. The van der Waals surface area contributed by atoms with Crippen LogP contribution in [0.2, 0.25) is 0 Å². The molecule has 0 saturated carbocycles. The molecule has 1 atom stereocenters. The van der Waals surface area contributed by atoms with Crippen LogP contribution >= 0.6 is 24.0 Å². The number of rotatable bonds is 8. The average molecular weight is 514 g/mol. The van der Waals surface area contributed by atoms with Crippen LogP contribution in [0.3, 0.4) is 0 Å². The molecule has 2 fully saturated rings. The monoisotopic (exact) mass is 514 g/mol. The SMILES string of the molecule is CCNC(=NCCc1ccc(CC)cc1)NC1CCN(CC2CCOC2)CC1.I. The van der Waals surface area contributed by atoms with Crippen molar-refractivity contribution in [1.82, 2.24) is 15.5 Å². The van der Waals surface area contributed by atoms with E-state index in [2.05, 4.69) is 53.6 Å². The molecule has 3 rings (SSSR count). The summed E-state index contributed by atoms with van der Waals surface area (Å²) in [7, 11) is 0. The molecule has 29 heavy (non-hydrogen) atoms. The molecular weight excluding hydrogens is 475 g/mol. The first kappa shape index (κ1) is 24.4. The fraction of sp³-hybridized carbons (Fsp3) is 0.696. The summed E-state index contributed by atoms with van der Waals surface area (Å²) in [6.07, 6.45) is 5.70. The second kappa shape index (κ2) is 13.4. The smallest absolute Gasteiger partial charge is 0.191 e.